The molecule has 5 nitrogen and oxygen atoms in total. The molecule has 0 spiro atoms. The predicted octanol–water partition coefficient (Wildman–Crippen LogP) is 1.86. The maximum absolute atomic E-state index is 13.3. The summed E-state index contributed by atoms with van der Waals surface area (Å²) in [5, 5.41) is 12.3. The lowest BCUT2D eigenvalue weighted by molar-refractivity contribution is -0.110. The highest BCUT2D eigenvalue weighted by molar-refractivity contribution is 6.32. The Kier molecular flexibility index (Phi) is 3.34. The van der Waals surface area contributed by atoms with Gasteiger partial charge in [-0.1, -0.05) is 0 Å². The van der Waals surface area contributed by atoms with Gasteiger partial charge >= 0.3 is 0 Å². The monoisotopic (exact) mass is 316 g/mol. The van der Waals surface area contributed by atoms with Crippen LogP contribution in [0.3, 0.4) is 0 Å². The Morgan fingerprint density at radius 3 is 2.87 bits per heavy atom. The van der Waals surface area contributed by atoms with Gasteiger partial charge in [-0.05, 0) is 31.0 Å². The number of amides is 1. The van der Waals surface area contributed by atoms with E-state index in [9.17, 15) is 14.3 Å². The Hall–Kier alpha value is -2.34. The van der Waals surface area contributed by atoms with Crippen molar-refractivity contribution >= 4 is 17.2 Å². The van der Waals surface area contributed by atoms with E-state index >= 15 is 0 Å². The van der Waals surface area contributed by atoms with Crippen molar-refractivity contribution in [3.8, 4) is 0 Å². The minimum absolute atomic E-state index is 0.227. The van der Waals surface area contributed by atoms with Gasteiger partial charge in [-0.3, -0.25) is 4.79 Å². The third-order valence-electron chi connectivity index (χ3n) is 4.52. The molecule has 3 aliphatic rings. The van der Waals surface area contributed by atoms with Crippen molar-refractivity contribution in [3.05, 3.63) is 47.1 Å². The maximum atomic E-state index is 13.3. The van der Waals surface area contributed by atoms with Crippen LogP contribution in [0.2, 0.25) is 0 Å². The number of likely N-dealkylation sites (tertiary alicyclic amines) is 1. The van der Waals surface area contributed by atoms with Crippen LogP contribution in [0.15, 0.2) is 35.7 Å². The molecule has 0 unspecified atom stereocenters. The Balaban J connectivity index is 1.66. The van der Waals surface area contributed by atoms with Crippen LogP contribution in [-0.2, 0) is 9.53 Å². The number of hydrogen-bond donors (Lipinski definition) is 2. The van der Waals surface area contributed by atoms with Crippen LogP contribution in [-0.4, -0.2) is 41.7 Å². The first-order chi connectivity index (χ1) is 11.1. The van der Waals surface area contributed by atoms with Crippen molar-refractivity contribution in [3.63, 3.8) is 0 Å². The number of fused-ring (bicyclic) bond motifs is 1. The summed E-state index contributed by atoms with van der Waals surface area (Å²) in [7, 11) is 0. The summed E-state index contributed by atoms with van der Waals surface area (Å²) in [6.45, 7) is 1.98. The highest BCUT2D eigenvalue weighted by Crippen LogP contribution is 2.37. The Labute approximate surface area is 133 Å². The van der Waals surface area contributed by atoms with E-state index in [0.29, 0.717) is 29.2 Å². The van der Waals surface area contributed by atoms with Gasteiger partial charge in [0, 0.05) is 24.7 Å². The average molecular weight is 316 g/mol. The fourth-order valence-corrected chi connectivity index (χ4v) is 3.26. The number of anilines is 1. The van der Waals surface area contributed by atoms with Gasteiger partial charge in [0.05, 0.1) is 23.1 Å². The van der Waals surface area contributed by atoms with Crippen LogP contribution in [0.1, 0.15) is 18.4 Å². The van der Waals surface area contributed by atoms with Gasteiger partial charge in [-0.2, -0.15) is 0 Å². The normalized spacial score (nSPS) is 24.3. The molecule has 0 saturated carbocycles. The molecule has 3 aliphatic heterocycles. The van der Waals surface area contributed by atoms with Gasteiger partial charge in [-0.25, -0.2) is 4.39 Å². The molecule has 0 aliphatic carbocycles. The second-order valence-electron chi connectivity index (χ2n) is 6.03. The van der Waals surface area contributed by atoms with Crippen LogP contribution in [0, 0.1) is 5.82 Å². The van der Waals surface area contributed by atoms with Crippen LogP contribution in [0.5, 0.6) is 0 Å². The van der Waals surface area contributed by atoms with Gasteiger partial charge in [0.15, 0.2) is 0 Å². The number of benzene rings is 1. The molecular formula is C17H17FN2O3. The first kappa shape index (κ1) is 14.3. The molecule has 1 fully saturated rings. The zero-order valence-electron chi connectivity index (χ0n) is 12.5. The number of halogens is 1. The van der Waals surface area contributed by atoms with Crippen molar-refractivity contribution < 1.29 is 19.0 Å². The zero-order chi connectivity index (χ0) is 16.0. The van der Waals surface area contributed by atoms with E-state index in [-0.39, 0.29) is 17.8 Å². The average Bonchev–Trinajstić information content (AvgIpc) is 3.11. The SMILES string of the molecule is O=C1Nc2cc(F)ccc2/C1=C1\C=C(N2CCC(O)CC2)CO1. The molecule has 23 heavy (non-hydrogen) atoms. The molecule has 6 heteroatoms. The van der Waals surface area contributed by atoms with Gasteiger partial charge in [-0.15, -0.1) is 0 Å². The fourth-order valence-electron chi connectivity index (χ4n) is 3.26. The first-order valence-corrected chi connectivity index (χ1v) is 7.74. The van der Waals surface area contributed by atoms with E-state index in [1.807, 2.05) is 6.08 Å². The molecule has 1 amide bonds. The number of nitrogens with one attached hydrogen (secondary N) is 1. The largest absolute Gasteiger partial charge is 0.486 e. The second kappa shape index (κ2) is 5.38. The van der Waals surface area contributed by atoms with E-state index in [1.54, 1.807) is 6.07 Å². The molecule has 3 heterocycles. The van der Waals surface area contributed by atoms with Gasteiger partial charge < -0.3 is 20.1 Å². The Bertz CT molecular complexity index is 733. The standard InChI is InChI=1S/C17H17FN2O3/c18-10-1-2-13-14(7-10)19-17(22)16(13)15-8-11(9-23-15)20-5-3-12(21)4-6-20/h1-2,7-8,12,21H,3-6,9H2,(H,19,22)/b16-15-. The van der Waals surface area contributed by atoms with E-state index < -0.39 is 0 Å². The number of carbonyl (C=O) groups excluding carboxylic acids is 1. The van der Waals surface area contributed by atoms with Crippen molar-refractivity contribution in [1.82, 2.24) is 4.90 Å². The lowest BCUT2D eigenvalue weighted by atomic mass is 10.1. The van der Waals surface area contributed by atoms with Gasteiger partial charge in [0.2, 0.25) is 0 Å². The molecule has 0 bridgehead atoms. The molecule has 1 saturated heterocycles. The van der Waals surface area contributed by atoms with E-state index in [2.05, 4.69) is 10.2 Å². The fraction of sp³-hybridized carbons (Fsp3) is 0.353. The van der Waals surface area contributed by atoms with Crippen LogP contribution < -0.4 is 5.32 Å². The first-order valence-electron chi connectivity index (χ1n) is 7.74. The zero-order valence-corrected chi connectivity index (χ0v) is 12.5. The molecule has 4 rings (SSSR count). The molecule has 0 atom stereocenters. The number of hydrogen-bond acceptors (Lipinski definition) is 4. The number of allylic oxidation sites excluding steroid dienone is 1. The molecule has 0 aromatic heterocycles. The topological polar surface area (TPSA) is 61.8 Å². The predicted molar refractivity (Wildman–Crippen MR) is 82.8 cm³/mol. The number of aliphatic hydroxyl groups excluding tert-OH is 1. The summed E-state index contributed by atoms with van der Waals surface area (Å²) in [5.74, 6) is -0.133. The molecule has 120 valence electrons. The minimum Gasteiger partial charge on any atom is -0.486 e. The van der Waals surface area contributed by atoms with Crippen LogP contribution in [0.4, 0.5) is 10.1 Å². The summed E-state index contributed by atoms with van der Waals surface area (Å²) >= 11 is 0. The summed E-state index contributed by atoms with van der Waals surface area (Å²) in [4.78, 5) is 14.4. The second-order valence-corrected chi connectivity index (χ2v) is 6.03. The number of nitrogens with zero attached hydrogens (tertiary/aromatic N) is 1. The van der Waals surface area contributed by atoms with E-state index in [0.717, 1.165) is 31.6 Å². The molecular weight excluding hydrogens is 299 g/mol. The lowest BCUT2D eigenvalue weighted by Gasteiger charge is -2.31. The molecule has 1 aromatic rings. The summed E-state index contributed by atoms with van der Waals surface area (Å²) in [5.41, 5.74) is 2.61. The highest BCUT2D eigenvalue weighted by Gasteiger charge is 2.31. The quantitative estimate of drug-likeness (QED) is 0.777. The number of ether oxygens (including phenoxy) is 1. The van der Waals surface area contributed by atoms with Gasteiger partial charge in [0.1, 0.15) is 18.2 Å². The van der Waals surface area contributed by atoms with Crippen molar-refractivity contribution in [2.24, 2.45) is 0 Å². The lowest BCUT2D eigenvalue weighted by Crippen LogP contribution is -2.35. The number of aliphatic hydroxyl groups is 1. The summed E-state index contributed by atoms with van der Waals surface area (Å²) in [6.07, 6.45) is 3.14. The number of piperidine rings is 1. The number of rotatable bonds is 1. The summed E-state index contributed by atoms with van der Waals surface area (Å²) in [6, 6.07) is 4.25. The van der Waals surface area contributed by atoms with Crippen LogP contribution >= 0.6 is 0 Å². The highest BCUT2D eigenvalue weighted by atomic mass is 19.1. The number of carbonyl (C=O) groups is 1. The van der Waals surface area contributed by atoms with E-state index in [1.165, 1.54) is 12.1 Å². The van der Waals surface area contributed by atoms with Gasteiger partial charge in [0.25, 0.3) is 5.91 Å². The third kappa shape index (κ3) is 2.49. The molecule has 0 radical (unpaired) electrons. The third-order valence-corrected chi connectivity index (χ3v) is 4.52. The Morgan fingerprint density at radius 1 is 1.30 bits per heavy atom. The minimum atomic E-state index is -0.384. The smallest absolute Gasteiger partial charge is 0.260 e. The van der Waals surface area contributed by atoms with E-state index in [4.69, 9.17) is 4.74 Å². The van der Waals surface area contributed by atoms with Crippen molar-refractivity contribution in [2.45, 2.75) is 18.9 Å². The molecule has 1 aromatic carbocycles. The van der Waals surface area contributed by atoms with Crippen molar-refractivity contribution in [1.29, 1.82) is 0 Å². The summed E-state index contributed by atoms with van der Waals surface area (Å²) < 4.78 is 19.0. The Morgan fingerprint density at radius 2 is 2.09 bits per heavy atom. The maximum Gasteiger partial charge on any atom is 0.260 e. The molecule has 2 N–H and O–H groups in total. The van der Waals surface area contributed by atoms with Crippen LogP contribution in [0.25, 0.3) is 5.57 Å². The van der Waals surface area contributed by atoms with Crippen molar-refractivity contribution in [2.75, 3.05) is 25.0 Å².